The smallest absolute Gasteiger partial charge is 0.248 e. The van der Waals surface area contributed by atoms with Crippen LogP contribution < -0.4 is 10.5 Å². The highest BCUT2D eigenvalue weighted by Gasteiger charge is 2.17. The third kappa shape index (κ3) is 4.23. The average molecular weight is 276 g/mol. The molecule has 0 saturated heterocycles. The summed E-state index contributed by atoms with van der Waals surface area (Å²) in [5, 5.41) is 0. The van der Waals surface area contributed by atoms with E-state index in [4.69, 9.17) is 10.5 Å². The van der Waals surface area contributed by atoms with Crippen LogP contribution >= 0.6 is 0 Å². The summed E-state index contributed by atoms with van der Waals surface area (Å²) in [7, 11) is 2.18. The summed E-state index contributed by atoms with van der Waals surface area (Å²) < 4.78 is 5.71. The van der Waals surface area contributed by atoms with E-state index in [1.807, 2.05) is 0 Å². The SMILES string of the molecule is CN(CCOc1ccc(C(N)=O)cc1)C1CCCCC1. The van der Waals surface area contributed by atoms with Crippen molar-refractivity contribution in [3.8, 4) is 5.75 Å². The second kappa shape index (κ2) is 7.29. The van der Waals surface area contributed by atoms with Crippen LogP contribution in [0.4, 0.5) is 0 Å². The van der Waals surface area contributed by atoms with Crippen molar-refractivity contribution in [3.63, 3.8) is 0 Å². The first-order valence-electron chi connectivity index (χ1n) is 7.40. The van der Waals surface area contributed by atoms with Gasteiger partial charge < -0.3 is 15.4 Å². The molecule has 0 atom stereocenters. The summed E-state index contributed by atoms with van der Waals surface area (Å²) in [5.41, 5.74) is 5.71. The molecule has 1 aromatic carbocycles. The Hall–Kier alpha value is -1.55. The zero-order valence-corrected chi connectivity index (χ0v) is 12.2. The molecule has 110 valence electrons. The number of rotatable bonds is 6. The van der Waals surface area contributed by atoms with Gasteiger partial charge in [-0.15, -0.1) is 0 Å². The van der Waals surface area contributed by atoms with Gasteiger partial charge in [0.1, 0.15) is 12.4 Å². The largest absolute Gasteiger partial charge is 0.492 e. The number of hydrogen-bond donors (Lipinski definition) is 1. The number of carbonyl (C=O) groups excluding carboxylic acids is 1. The second-order valence-corrected chi connectivity index (χ2v) is 5.51. The van der Waals surface area contributed by atoms with E-state index in [0.717, 1.165) is 12.3 Å². The normalized spacial score (nSPS) is 16.3. The highest BCUT2D eigenvalue weighted by molar-refractivity contribution is 5.92. The number of nitrogens with two attached hydrogens (primary N) is 1. The van der Waals surface area contributed by atoms with Gasteiger partial charge in [-0.2, -0.15) is 0 Å². The van der Waals surface area contributed by atoms with E-state index in [9.17, 15) is 4.79 Å². The molecule has 0 heterocycles. The van der Waals surface area contributed by atoms with Crippen molar-refractivity contribution in [3.05, 3.63) is 29.8 Å². The molecule has 4 heteroatoms. The van der Waals surface area contributed by atoms with Crippen LogP contribution in [0.25, 0.3) is 0 Å². The molecule has 4 nitrogen and oxygen atoms in total. The van der Waals surface area contributed by atoms with E-state index in [1.54, 1.807) is 24.3 Å². The summed E-state index contributed by atoms with van der Waals surface area (Å²) in [6.07, 6.45) is 6.70. The Balaban J connectivity index is 1.73. The molecule has 1 aliphatic carbocycles. The summed E-state index contributed by atoms with van der Waals surface area (Å²) >= 11 is 0. The maximum atomic E-state index is 11.0. The topological polar surface area (TPSA) is 55.6 Å². The lowest BCUT2D eigenvalue weighted by atomic mass is 9.94. The summed E-state index contributed by atoms with van der Waals surface area (Å²) in [6, 6.07) is 7.69. The van der Waals surface area contributed by atoms with Crippen molar-refractivity contribution >= 4 is 5.91 Å². The number of hydrogen-bond acceptors (Lipinski definition) is 3. The molecule has 0 unspecified atom stereocenters. The lowest BCUT2D eigenvalue weighted by Crippen LogP contribution is -2.36. The van der Waals surface area contributed by atoms with Crippen LogP contribution in [-0.2, 0) is 0 Å². The predicted octanol–water partition coefficient (Wildman–Crippen LogP) is 2.43. The Morgan fingerprint density at radius 3 is 2.50 bits per heavy atom. The first-order valence-corrected chi connectivity index (χ1v) is 7.40. The molecule has 2 rings (SSSR count). The lowest BCUT2D eigenvalue weighted by molar-refractivity contribution is 0.1000. The van der Waals surface area contributed by atoms with Gasteiger partial charge in [0.05, 0.1) is 0 Å². The van der Waals surface area contributed by atoms with E-state index < -0.39 is 5.91 Å². The minimum atomic E-state index is -0.409. The average Bonchev–Trinajstić information content (AvgIpc) is 2.48. The number of likely N-dealkylation sites (N-methyl/N-ethyl adjacent to an activating group) is 1. The quantitative estimate of drug-likeness (QED) is 0.868. The number of primary amides is 1. The molecule has 0 spiro atoms. The van der Waals surface area contributed by atoms with E-state index in [2.05, 4.69) is 11.9 Å². The molecule has 1 fully saturated rings. The molecule has 1 amide bonds. The van der Waals surface area contributed by atoms with E-state index >= 15 is 0 Å². The van der Waals surface area contributed by atoms with Gasteiger partial charge in [0.2, 0.25) is 5.91 Å². The molecule has 0 radical (unpaired) electrons. The van der Waals surface area contributed by atoms with Gasteiger partial charge in [0.15, 0.2) is 0 Å². The van der Waals surface area contributed by atoms with E-state index in [0.29, 0.717) is 18.2 Å². The predicted molar refractivity (Wildman–Crippen MR) is 80.0 cm³/mol. The maximum absolute atomic E-state index is 11.0. The first kappa shape index (κ1) is 14.9. The fourth-order valence-electron chi connectivity index (χ4n) is 2.73. The van der Waals surface area contributed by atoms with Crippen LogP contribution in [0.2, 0.25) is 0 Å². The van der Waals surface area contributed by atoms with Gasteiger partial charge in [-0.25, -0.2) is 0 Å². The Morgan fingerprint density at radius 1 is 1.25 bits per heavy atom. The number of nitrogens with zero attached hydrogens (tertiary/aromatic N) is 1. The zero-order valence-electron chi connectivity index (χ0n) is 12.2. The van der Waals surface area contributed by atoms with Crippen LogP contribution in [0.15, 0.2) is 24.3 Å². The molecule has 2 N–H and O–H groups in total. The van der Waals surface area contributed by atoms with Crippen LogP contribution in [-0.4, -0.2) is 37.0 Å². The van der Waals surface area contributed by atoms with Crippen LogP contribution in [0.3, 0.4) is 0 Å². The zero-order chi connectivity index (χ0) is 14.4. The second-order valence-electron chi connectivity index (χ2n) is 5.51. The number of benzene rings is 1. The van der Waals surface area contributed by atoms with Gasteiger partial charge in [-0.3, -0.25) is 4.79 Å². The first-order chi connectivity index (χ1) is 9.66. The Kier molecular flexibility index (Phi) is 5.41. The standard InChI is InChI=1S/C16H24N2O2/c1-18(14-5-3-2-4-6-14)11-12-20-15-9-7-13(8-10-15)16(17)19/h7-10,14H,2-6,11-12H2,1H3,(H2,17,19). The lowest BCUT2D eigenvalue weighted by Gasteiger charge is -2.31. The summed E-state index contributed by atoms with van der Waals surface area (Å²) in [4.78, 5) is 13.4. The number of amides is 1. The molecule has 1 aromatic rings. The fraction of sp³-hybridized carbons (Fsp3) is 0.562. The van der Waals surface area contributed by atoms with Crippen molar-refractivity contribution < 1.29 is 9.53 Å². The van der Waals surface area contributed by atoms with Gasteiger partial charge in [0.25, 0.3) is 0 Å². The van der Waals surface area contributed by atoms with Gasteiger partial charge in [-0.05, 0) is 44.2 Å². The monoisotopic (exact) mass is 276 g/mol. The maximum Gasteiger partial charge on any atom is 0.248 e. The van der Waals surface area contributed by atoms with E-state index in [-0.39, 0.29) is 0 Å². The Bertz CT molecular complexity index is 425. The number of ether oxygens (including phenoxy) is 1. The molecular formula is C16H24N2O2. The van der Waals surface area contributed by atoms with Crippen LogP contribution in [0.5, 0.6) is 5.75 Å². The number of carbonyl (C=O) groups is 1. The van der Waals surface area contributed by atoms with Gasteiger partial charge in [-0.1, -0.05) is 19.3 Å². The molecular weight excluding hydrogens is 252 g/mol. The Labute approximate surface area is 120 Å². The van der Waals surface area contributed by atoms with Crippen molar-refractivity contribution in [2.45, 2.75) is 38.1 Å². The van der Waals surface area contributed by atoms with E-state index in [1.165, 1.54) is 32.1 Å². The highest BCUT2D eigenvalue weighted by Crippen LogP contribution is 2.21. The van der Waals surface area contributed by atoms with Crippen molar-refractivity contribution in [2.24, 2.45) is 5.73 Å². The Morgan fingerprint density at radius 2 is 1.90 bits per heavy atom. The van der Waals surface area contributed by atoms with Crippen LogP contribution in [0.1, 0.15) is 42.5 Å². The third-order valence-electron chi connectivity index (χ3n) is 4.05. The van der Waals surface area contributed by atoms with Crippen molar-refractivity contribution in [1.29, 1.82) is 0 Å². The van der Waals surface area contributed by atoms with Gasteiger partial charge in [0, 0.05) is 18.2 Å². The van der Waals surface area contributed by atoms with Gasteiger partial charge >= 0.3 is 0 Å². The minimum absolute atomic E-state index is 0.409. The van der Waals surface area contributed by atoms with Crippen molar-refractivity contribution in [1.82, 2.24) is 4.90 Å². The molecule has 0 aliphatic heterocycles. The van der Waals surface area contributed by atoms with Crippen molar-refractivity contribution in [2.75, 3.05) is 20.2 Å². The van der Waals surface area contributed by atoms with Crippen LogP contribution in [0, 0.1) is 0 Å². The molecule has 0 aromatic heterocycles. The molecule has 1 aliphatic rings. The molecule has 0 bridgehead atoms. The molecule has 1 saturated carbocycles. The minimum Gasteiger partial charge on any atom is -0.492 e. The molecule has 20 heavy (non-hydrogen) atoms. The highest BCUT2D eigenvalue weighted by atomic mass is 16.5. The summed E-state index contributed by atoms with van der Waals surface area (Å²) in [5.74, 6) is 0.376. The fourth-order valence-corrected chi connectivity index (χ4v) is 2.73. The summed E-state index contributed by atoms with van der Waals surface area (Å²) in [6.45, 7) is 1.60. The third-order valence-corrected chi connectivity index (χ3v) is 4.05.